The number of benzene rings is 2. The number of para-hydroxylation sites is 1. The summed E-state index contributed by atoms with van der Waals surface area (Å²) in [5, 5.41) is 20.1. The topological polar surface area (TPSA) is 94.6 Å². The highest BCUT2D eigenvalue weighted by atomic mass is 32.2. The van der Waals surface area contributed by atoms with Gasteiger partial charge in [0.25, 0.3) is 5.56 Å². The minimum absolute atomic E-state index is 0.206. The molecule has 0 aliphatic carbocycles. The van der Waals surface area contributed by atoms with Crippen LogP contribution in [0.1, 0.15) is 16.7 Å². The molecule has 3 aromatic rings. The van der Waals surface area contributed by atoms with Gasteiger partial charge in [0.05, 0.1) is 17.3 Å². The first kappa shape index (κ1) is 18.4. The maximum absolute atomic E-state index is 13.0. The molecule has 0 amide bonds. The van der Waals surface area contributed by atoms with E-state index in [0.29, 0.717) is 28.0 Å². The Hall–Kier alpha value is -3.37. The van der Waals surface area contributed by atoms with Gasteiger partial charge in [-0.05, 0) is 29.8 Å². The van der Waals surface area contributed by atoms with Gasteiger partial charge in [-0.1, -0.05) is 42.1 Å². The molecule has 1 heterocycles. The van der Waals surface area contributed by atoms with E-state index in [9.17, 15) is 4.79 Å². The molecular weight excluding hydrogens is 358 g/mol. The zero-order chi connectivity index (χ0) is 19.2. The van der Waals surface area contributed by atoms with Crippen LogP contribution in [-0.2, 0) is 5.75 Å². The fraction of sp³-hybridized carbons (Fsp3) is 0.100. The van der Waals surface area contributed by atoms with E-state index in [4.69, 9.17) is 10.7 Å². The Morgan fingerprint density at radius 2 is 2.04 bits per heavy atom. The van der Waals surface area contributed by atoms with Gasteiger partial charge in [-0.2, -0.15) is 5.26 Å². The van der Waals surface area contributed by atoms with Crippen molar-refractivity contribution in [2.75, 3.05) is 12.4 Å². The molecule has 0 aliphatic rings. The summed E-state index contributed by atoms with van der Waals surface area (Å²) in [6.45, 7) is 0. The van der Waals surface area contributed by atoms with Gasteiger partial charge < -0.3 is 10.7 Å². The fourth-order valence-electron chi connectivity index (χ4n) is 2.62. The molecule has 0 aliphatic heterocycles. The maximum atomic E-state index is 13.0. The summed E-state index contributed by atoms with van der Waals surface area (Å²) in [5.74, 6) is 0.928. The van der Waals surface area contributed by atoms with Crippen LogP contribution in [0.4, 0.5) is 5.82 Å². The van der Waals surface area contributed by atoms with Crippen LogP contribution >= 0.6 is 11.8 Å². The quantitative estimate of drug-likeness (QED) is 0.391. The van der Waals surface area contributed by atoms with Gasteiger partial charge in [0, 0.05) is 19.0 Å². The number of nitriles is 1. The fourth-order valence-corrected chi connectivity index (χ4v) is 3.56. The van der Waals surface area contributed by atoms with Gasteiger partial charge in [-0.3, -0.25) is 9.36 Å². The summed E-state index contributed by atoms with van der Waals surface area (Å²) in [6.07, 6.45) is 1.02. The highest BCUT2D eigenvalue weighted by Crippen LogP contribution is 2.25. The largest absolute Gasteiger partial charge is 0.372 e. The molecule has 0 saturated carbocycles. The Morgan fingerprint density at radius 1 is 1.26 bits per heavy atom. The zero-order valence-electron chi connectivity index (χ0n) is 14.6. The molecule has 0 bridgehead atoms. The van der Waals surface area contributed by atoms with Crippen LogP contribution in [0, 0.1) is 16.7 Å². The molecule has 3 rings (SSSR count). The summed E-state index contributed by atoms with van der Waals surface area (Å²) in [6, 6.07) is 18.7. The van der Waals surface area contributed by atoms with E-state index in [0.717, 1.165) is 11.8 Å². The molecule has 0 radical (unpaired) electrons. The first-order valence-corrected chi connectivity index (χ1v) is 9.19. The van der Waals surface area contributed by atoms with Crippen LogP contribution in [0.2, 0.25) is 0 Å². The van der Waals surface area contributed by atoms with Crippen LogP contribution in [0.15, 0.2) is 64.5 Å². The van der Waals surface area contributed by atoms with Crippen LogP contribution in [-0.4, -0.2) is 22.8 Å². The van der Waals surface area contributed by atoms with Crippen molar-refractivity contribution in [3.63, 3.8) is 0 Å². The van der Waals surface area contributed by atoms with E-state index in [1.165, 1.54) is 16.3 Å². The lowest BCUT2D eigenvalue weighted by Gasteiger charge is -2.15. The van der Waals surface area contributed by atoms with Gasteiger partial charge in [0.1, 0.15) is 11.4 Å². The van der Waals surface area contributed by atoms with Crippen molar-refractivity contribution in [3.8, 4) is 11.8 Å². The van der Waals surface area contributed by atoms with Crippen molar-refractivity contribution in [2.45, 2.75) is 10.9 Å². The number of anilines is 1. The lowest BCUT2D eigenvalue weighted by molar-refractivity contribution is 0.796. The molecule has 0 saturated heterocycles. The van der Waals surface area contributed by atoms with E-state index >= 15 is 0 Å². The SMILES string of the molecule is CNc1nc(SCc2cccc(C#N)c2)n(-c2ccccc2)c(=O)c1C=N. The number of hydrogen-bond donors (Lipinski definition) is 2. The molecule has 6 nitrogen and oxygen atoms in total. The van der Waals surface area contributed by atoms with Gasteiger partial charge in [-0.25, -0.2) is 4.98 Å². The van der Waals surface area contributed by atoms with E-state index in [-0.39, 0.29) is 11.1 Å². The molecule has 1 aromatic heterocycles. The zero-order valence-corrected chi connectivity index (χ0v) is 15.5. The predicted octanol–water partition coefficient (Wildman–Crippen LogP) is 3.44. The van der Waals surface area contributed by atoms with Crippen LogP contribution in [0.5, 0.6) is 0 Å². The minimum Gasteiger partial charge on any atom is -0.372 e. The van der Waals surface area contributed by atoms with Crippen LogP contribution in [0.25, 0.3) is 5.69 Å². The molecule has 2 aromatic carbocycles. The number of thioether (sulfide) groups is 1. The van der Waals surface area contributed by atoms with Gasteiger partial charge in [0.15, 0.2) is 5.16 Å². The van der Waals surface area contributed by atoms with E-state index in [1.54, 1.807) is 13.1 Å². The Bertz CT molecular complexity index is 1070. The monoisotopic (exact) mass is 375 g/mol. The van der Waals surface area contributed by atoms with E-state index in [2.05, 4.69) is 16.4 Å². The Morgan fingerprint density at radius 3 is 2.70 bits per heavy atom. The van der Waals surface area contributed by atoms with Crippen molar-refractivity contribution in [2.24, 2.45) is 0 Å². The van der Waals surface area contributed by atoms with Crippen molar-refractivity contribution in [3.05, 3.63) is 81.6 Å². The predicted molar refractivity (Wildman–Crippen MR) is 108 cm³/mol. The molecule has 0 atom stereocenters. The third-order valence-electron chi connectivity index (χ3n) is 3.91. The van der Waals surface area contributed by atoms with Crippen molar-refractivity contribution in [1.29, 1.82) is 10.7 Å². The summed E-state index contributed by atoms with van der Waals surface area (Å²) < 4.78 is 1.51. The molecule has 0 spiro atoms. The summed E-state index contributed by atoms with van der Waals surface area (Å²) >= 11 is 1.40. The average Bonchev–Trinajstić information content (AvgIpc) is 2.72. The molecule has 0 fully saturated rings. The summed E-state index contributed by atoms with van der Waals surface area (Å²) in [4.78, 5) is 17.5. The lowest BCUT2D eigenvalue weighted by atomic mass is 10.2. The smallest absolute Gasteiger partial charge is 0.269 e. The van der Waals surface area contributed by atoms with Crippen LogP contribution < -0.4 is 10.9 Å². The number of aromatic nitrogens is 2. The number of nitrogens with zero attached hydrogens (tertiary/aromatic N) is 3. The van der Waals surface area contributed by atoms with Gasteiger partial charge in [0.2, 0.25) is 0 Å². The third kappa shape index (κ3) is 3.91. The second-order valence-electron chi connectivity index (χ2n) is 5.63. The minimum atomic E-state index is -0.302. The second kappa shape index (κ2) is 8.34. The number of nitrogens with one attached hydrogen (secondary N) is 2. The molecule has 7 heteroatoms. The van der Waals surface area contributed by atoms with Crippen molar-refractivity contribution < 1.29 is 0 Å². The van der Waals surface area contributed by atoms with E-state index < -0.39 is 0 Å². The first-order valence-electron chi connectivity index (χ1n) is 8.20. The normalized spacial score (nSPS) is 10.2. The molecule has 134 valence electrons. The van der Waals surface area contributed by atoms with Gasteiger partial charge >= 0.3 is 0 Å². The molecular formula is C20H17N5OS. The molecule has 27 heavy (non-hydrogen) atoms. The highest BCUT2D eigenvalue weighted by molar-refractivity contribution is 7.98. The van der Waals surface area contributed by atoms with E-state index in [1.807, 2.05) is 48.5 Å². The van der Waals surface area contributed by atoms with Crippen LogP contribution in [0.3, 0.4) is 0 Å². The van der Waals surface area contributed by atoms with Gasteiger partial charge in [-0.15, -0.1) is 0 Å². The summed E-state index contributed by atoms with van der Waals surface area (Å²) in [5.41, 5.74) is 2.15. The number of hydrogen-bond acceptors (Lipinski definition) is 6. The van der Waals surface area contributed by atoms with Crippen molar-refractivity contribution in [1.82, 2.24) is 9.55 Å². The first-order chi connectivity index (χ1) is 13.2. The molecule has 2 N–H and O–H groups in total. The Kier molecular flexibility index (Phi) is 5.69. The highest BCUT2D eigenvalue weighted by Gasteiger charge is 2.16. The van der Waals surface area contributed by atoms with Crippen molar-refractivity contribution >= 4 is 23.8 Å². The third-order valence-corrected chi connectivity index (χ3v) is 4.92. The average molecular weight is 375 g/mol. The summed E-state index contributed by atoms with van der Waals surface area (Å²) in [7, 11) is 1.67. The Balaban J connectivity index is 2.07. The second-order valence-corrected chi connectivity index (χ2v) is 6.57. The number of rotatable bonds is 6. The molecule has 0 unspecified atom stereocenters. The Labute approximate surface area is 161 Å². The maximum Gasteiger partial charge on any atom is 0.269 e. The standard InChI is InChI=1S/C20H17N5OS/c1-23-18-17(12-22)19(26)25(16-8-3-2-4-9-16)20(24-18)27-13-15-7-5-6-14(10-15)11-21/h2-10,12,22-23H,13H2,1H3. The lowest BCUT2D eigenvalue weighted by Crippen LogP contribution is -2.26.